The molecule has 1 N–H and O–H groups in total. The lowest BCUT2D eigenvalue weighted by Gasteiger charge is -2.17. The zero-order valence-electron chi connectivity index (χ0n) is 13.2. The van der Waals surface area contributed by atoms with Crippen molar-refractivity contribution in [3.8, 4) is 0 Å². The van der Waals surface area contributed by atoms with Crippen LogP contribution in [0.1, 0.15) is 59.3 Å². The number of nitrogens with one attached hydrogen (secondary N) is 1. The van der Waals surface area contributed by atoms with Gasteiger partial charge in [-0.15, -0.1) is 11.8 Å². The molecule has 1 aromatic rings. The van der Waals surface area contributed by atoms with Crippen molar-refractivity contribution in [2.24, 2.45) is 5.92 Å². The average Bonchev–Trinajstić information content (AvgIpc) is 2.92. The van der Waals surface area contributed by atoms with Crippen molar-refractivity contribution in [1.29, 1.82) is 0 Å². The molecule has 0 bridgehead atoms. The Kier molecular flexibility index (Phi) is 6.28. The first-order valence-electron chi connectivity index (χ1n) is 8.16. The predicted molar refractivity (Wildman–Crippen MR) is 91.7 cm³/mol. The fraction of sp³-hybridized carbons (Fsp3) is 0.667. The van der Waals surface area contributed by atoms with Gasteiger partial charge in [-0.25, -0.2) is 0 Å². The van der Waals surface area contributed by atoms with E-state index in [1.54, 1.807) is 0 Å². The van der Waals surface area contributed by atoms with E-state index in [9.17, 15) is 0 Å². The van der Waals surface area contributed by atoms with Gasteiger partial charge in [0.2, 0.25) is 0 Å². The third-order valence-corrected chi connectivity index (χ3v) is 5.40. The second kappa shape index (κ2) is 7.97. The van der Waals surface area contributed by atoms with E-state index in [0.29, 0.717) is 6.04 Å². The number of benzene rings is 1. The Hall–Kier alpha value is -0.630. The van der Waals surface area contributed by atoms with Crippen molar-refractivity contribution < 1.29 is 0 Å². The Morgan fingerprint density at radius 2 is 1.70 bits per heavy atom. The van der Waals surface area contributed by atoms with Gasteiger partial charge in [0.15, 0.2) is 0 Å². The van der Waals surface area contributed by atoms with Crippen LogP contribution in [0, 0.1) is 5.92 Å². The summed E-state index contributed by atoms with van der Waals surface area (Å²) in [5.74, 6) is 0.796. The SMILES string of the molecule is CC(C)CCC(C)Nc1ccc(SC2CCCC2)cc1. The fourth-order valence-corrected chi connectivity index (χ4v) is 4.02. The maximum absolute atomic E-state index is 3.61. The van der Waals surface area contributed by atoms with Crippen molar-refractivity contribution >= 4 is 17.4 Å². The van der Waals surface area contributed by atoms with E-state index in [1.165, 1.54) is 49.1 Å². The van der Waals surface area contributed by atoms with Crippen LogP contribution < -0.4 is 5.32 Å². The highest BCUT2D eigenvalue weighted by molar-refractivity contribution is 8.00. The fourth-order valence-electron chi connectivity index (χ4n) is 2.77. The molecule has 0 saturated heterocycles. The lowest BCUT2D eigenvalue weighted by Crippen LogP contribution is -2.15. The van der Waals surface area contributed by atoms with Gasteiger partial charge in [-0.2, -0.15) is 0 Å². The van der Waals surface area contributed by atoms with Crippen molar-refractivity contribution in [3.63, 3.8) is 0 Å². The summed E-state index contributed by atoms with van der Waals surface area (Å²) in [5, 5.41) is 4.47. The standard InChI is InChI=1S/C18H29NS/c1-14(2)8-9-15(3)19-16-10-12-18(13-11-16)20-17-6-4-5-7-17/h10-15,17,19H,4-9H2,1-3H3. The molecule has 0 aromatic heterocycles. The summed E-state index contributed by atoms with van der Waals surface area (Å²) in [7, 11) is 0. The van der Waals surface area contributed by atoms with Crippen LogP contribution >= 0.6 is 11.8 Å². The van der Waals surface area contributed by atoms with Crippen LogP contribution in [0.2, 0.25) is 0 Å². The Balaban J connectivity index is 1.78. The number of hydrogen-bond acceptors (Lipinski definition) is 2. The quantitative estimate of drug-likeness (QED) is 0.665. The molecular weight excluding hydrogens is 262 g/mol. The second-order valence-corrected chi connectivity index (χ2v) is 7.94. The van der Waals surface area contributed by atoms with E-state index in [2.05, 4.69) is 62.1 Å². The maximum atomic E-state index is 3.61. The first-order valence-corrected chi connectivity index (χ1v) is 9.04. The number of hydrogen-bond donors (Lipinski definition) is 1. The summed E-state index contributed by atoms with van der Waals surface area (Å²) < 4.78 is 0. The first-order chi connectivity index (χ1) is 9.63. The van der Waals surface area contributed by atoms with Gasteiger partial charge in [0.1, 0.15) is 0 Å². The molecule has 0 spiro atoms. The maximum Gasteiger partial charge on any atom is 0.0342 e. The van der Waals surface area contributed by atoms with Gasteiger partial charge in [0.25, 0.3) is 0 Å². The molecule has 1 nitrogen and oxygen atoms in total. The summed E-state index contributed by atoms with van der Waals surface area (Å²) in [6.07, 6.45) is 8.18. The molecule has 1 fully saturated rings. The number of rotatable bonds is 7. The molecule has 1 saturated carbocycles. The van der Waals surface area contributed by atoms with Crippen LogP contribution in [-0.4, -0.2) is 11.3 Å². The second-order valence-electron chi connectivity index (χ2n) is 6.57. The molecule has 2 heteroatoms. The summed E-state index contributed by atoms with van der Waals surface area (Å²) in [5.41, 5.74) is 1.26. The van der Waals surface area contributed by atoms with Gasteiger partial charge in [-0.3, -0.25) is 0 Å². The van der Waals surface area contributed by atoms with E-state index in [1.807, 2.05) is 0 Å². The molecular formula is C18H29NS. The molecule has 0 heterocycles. The van der Waals surface area contributed by atoms with Crippen LogP contribution in [0.3, 0.4) is 0 Å². The summed E-state index contributed by atoms with van der Waals surface area (Å²) >= 11 is 2.07. The lowest BCUT2D eigenvalue weighted by molar-refractivity contribution is 0.528. The van der Waals surface area contributed by atoms with Crippen LogP contribution in [0.5, 0.6) is 0 Å². The Labute approximate surface area is 128 Å². The van der Waals surface area contributed by atoms with Gasteiger partial charge in [-0.1, -0.05) is 26.7 Å². The molecule has 0 amide bonds. The minimum absolute atomic E-state index is 0.561. The molecule has 1 aliphatic carbocycles. The minimum atomic E-state index is 0.561. The molecule has 0 aliphatic heterocycles. The van der Waals surface area contributed by atoms with Crippen LogP contribution in [0.4, 0.5) is 5.69 Å². The van der Waals surface area contributed by atoms with Gasteiger partial charge in [0.05, 0.1) is 0 Å². The van der Waals surface area contributed by atoms with Gasteiger partial charge < -0.3 is 5.32 Å². The van der Waals surface area contributed by atoms with E-state index in [-0.39, 0.29) is 0 Å². The Morgan fingerprint density at radius 1 is 1.05 bits per heavy atom. The third-order valence-electron chi connectivity index (χ3n) is 4.05. The number of anilines is 1. The summed E-state index contributed by atoms with van der Waals surface area (Å²) in [6.45, 7) is 6.87. The molecule has 1 aromatic carbocycles. The molecule has 1 atom stereocenters. The highest BCUT2D eigenvalue weighted by Crippen LogP contribution is 2.35. The smallest absolute Gasteiger partial charge is 0.0342 e. The van der Waals surface area contributed by atoms with E-state index >= 15 is 0 Å². The van der Waals surface area contributed by atoms with Crippen LogP contribution in [0.15, 0.2) is 29.2 Å². The largest absolute Gasteiger partial charge is 0.383 e. The first kappa shape index (κ1) is 15.8. The van der Waals surface area contributed by atoms with E-state index < -0.39 is 0 Å². The number of thioether (sulfide) groups is 1. The molecule has 20 heavy (non-hydrogen) atoms. The zero-order chi connectivity index (χ0) is 14.4. The zero-order valence-corrected chi connectivity index (χ0v) is 14.0. The van der Waals surface area contributed by atoms with Gasteiger partial charge >= 0.3 is 0 Å². The normalized spacial score (nSPS) is 17.6. The van der Waals surface area contributed by atoms with Gasteiger partial charge in [-0.05, 0) is 62.8 Å². The highest BCUT2D eigenvalue weighted by Gasteiger charge is 2.15. The lowest BCUT2D eigenvalue weighted by atomic mass is 10.0. The average molecular weight is 292 g/mol. The Morgan fingerprint density at radius 3 is 2.30 bits per heavy atom. The summed E-state index contributed by atoms with van der Waals surface area (Å²) in [6, 6.07) is 9.60. The van der Waals surface area contributed by atoms with Crippen molar-refractivity contribution in [2.75, 3.05) is 5.32 Å². The monoisotopic (exact) mass is 291 g/mol. The van der Waals surface area contributed by atoms with Crippen molar-refractivity contribution in [2.45, 2.75) is 75.5 Å². The molecule has 112 valence electrons. The predicted octanol–water partition coefficient (Wildman–Crippen LogP) is 5.96. The Bertz CT molecular complexity index is 379. The molecule has 0 radical (unpaired) electrons. The van der Waals surface area contributed by atoms with Crippen LogP contribution in [0.25, 0.3) is 0 Å². The van der Waals surface area contributed by atoms with E-state index in [0.717, 1.165) is 11.2 Å². The van der Waals surface area contributed by atoms with E-state index in [4.69, 9.17) is 0 Å². The van der Waals surface area contributed by atoms with Crippen LogP contribution in [-0.2, 0) is 0 Å². The highest BCUT2D eigenvalue weighted by atomic mass is 32.2. The molecule has 2 rings (SSSR count). The molecule has 1 unspecified atom stereocenters. The minimum Gasteiger partial charge on any atom is -0.383 e. The van der Waals surface area contributed by atoms with Gasteiger partial charge in [0, 0.05) is 21.9 Å². The summed E-state index contributed by atoms with van der Waals surface area (Å²) in [4.78, 5) is 1.43. The van der Waals surface area contributed by atoms with Crippen molar-refractivity contribution in [3.05, 3.63) is 24.3 Å². The molecule has 1 aliphatic rings. The van der Waals surface area contributed by atoms with Crippen molar-refractivity contribution in [1.82, 2.24) is 0 Å². The topological polar surface area (TPSA) is 12.0 Å². The third kappa shape index (κ3) is 5.40.